The topological polar surface area (TPSA) is 21.3 Å². The third kappa shape index (κ3) is 1.94. The Kier molecular flexibility index (Phi) is 3.64. The highest BCUT2D eigenvalue weighted by molar-refractivity contribution is 5.85. The molecule has 1 aliphatic heterocycles. The molecule has 1 aromatic rings. The fraction of sp³-hybridized carbons (Fsp3) is 0.571. The molecule has 1 saturated carbocycles. The van der Waals surface area contributed by atoms with Gasteiger partial charge in [-0.1, -0.05) is 24.6 Å². The minimum Gasteiger partial charge on any atom is -0.485 e. The number of hydrogen-bond acceptors (Lipinski definition) is 2. The zero-order valence-electron chi connectivity index (χ0n) is 10.2. The summed E-state index contributed by atoms with van der Waals surface area (Å²) >= 11 is 0. The summed E-state index contributed by atoms with van der Waals surface area (Å²) in [6.07, 6.45) is 5.10. The summed E-state index contributed by atoms with van der Waals surface area (Å²) in [5, 5.41) is 3.31. The summed E-state index contributed by atoms with van der Waals surface area (Å²) in [6.45, 7) is 0.965. The van der Waals surface area contributed by atoms with Crippen molar-refractivity contribution in [2.24, 2.45) is 0 Å². The summed E-state index contributed by atoms with van der Waals surface area (Å²) in [5.41, 5.74) is 1.47. The normalized spacial score (nSPS) is 29.8. The molecule has 1 N–H and O–H groups in total. The summed E-state index contributed by atoms with van der Waals surface area (Å²) < 4.78 is 6.28. The van der Waals surface area contributed by atoms with Crippen LogP contribution in [-0.4, -0.2) is 19.2 Å². The number of nitrogens with one attached hydrogen (secondary N) is 1. The molecule has 3 rings (SSSR count). The quantitative estimate of drug-likeness (QED) is 0.875. The van der Waals surface area contributed by atoms with E-state index < -0.39 is 0 Å². The molecule has 1 aromatic carbocycles. The third-order valence-corrected chi connectivity index (χ3v) is 4.06. The average Bonchev–Trinajstić information content (AvgIpc) is 2.63. The second-order valence-corrected chi connectivity index (χ2v) is 5.03. The first-order chi connectivity index (χ1) is 7.86. The molecule has 0 unspecified atom stereocenters. The van der Waals surface area contributed by atoms with E-state index in [1.54, 1.807) is 0 Å². The Morgan fingerprint density at radius 1 is 1.35 bits per heavy atom. The lowest BCUT2D eigenvalue weighted by molar-refractivity contribution is 0.0378. The van der Waals surface area contributed by atoms with E-state index in [0.717, 1.165) is 12.3 Å². The summed E-state index contributed by atoms with van der Waals surface area (Å²) in [5.74, 6) is 1.72. The lowest BCUT2D eigenvalue weighted by atomic mass is 9.73. The Morgan fingerprint density at radius 2 is 2.18 bits per heavy atom. The molecule has 0 radical (unpaired) electrons. The van der Waals surface area contributed by atoms with Gasteiger partial charge in [-0.05, 0) is 32.4 Å². The van der Waals surface area contributed by atoms with Crippen molar-refractivity contribution >= 4 is 12.4 Å². The molecule has 2 nitrogen and oxygen atoms in total. The van der Waals surface area contributed by atoms with E-state index in [1.165, 1.54) is 31.2 Å². The Morgan fingerprint density at radius 3 is 3.00 bits per heavy atom. The van der Waals surface area contributed by atoms with Gasteiger partial charge in [-0.25, -0.2) is 0 Å². The zero-order valence-corrected chi connectivity index (χ0v) is 11.1. The van der Waals surface area contributed by atoms with Crippen molar-refractivity contribution in [1.82, 2.24) is 5.32 Å². The van der Waals surface area contributed by atoms with Crippen LogP contribution in [-0.2, 0) is 0 Å². The number of hydrogen-bond donors (Lipinski definition) is 1. The molecule has 0 aromatic heterocycles. The first-order valence-electron chi connectivity index (χ1n) is 6.28. The SMILES string of the molecule is CNC[C@]12CCCC[C@H]1c1ccccc1O2.Cl. The van der Waals surface area contributed by atoms with E-state index in [4.69, 9.17) is 4.74 Å². The van der Waals surface area contributed by atoms with Crippen LogP contribution in [0.5, 0.6) is 5.75 Å². The minimum absolute atomic E-state index is 0. The second-order valence-electron chi connectivity index (χ2n) is 5.03. The fourth-order valence-corrected chi connectivity index (χ4v) is 3.40. The largest absolute Gasteiger partial charge is 0.485 e. The Labute approximate surface area is 109 Å². The van der Waals surface area contributed by atoms with Gasteiger partial charge >= 0.3 is 0 Å². The highest BCUT2D eigenvalue weighted by Gasteiger charge is 2.48. The number of rotatable bonds is 2. The first-order valence-corrected chi connectivity index (χ1v) is 6.28. The molecule has 94 valence electrons. The van der Waals surface area contributed by atoms with Crippen LogP contribution in [0.25, 0.3) is 0 Å². The zero-order chi connectivity index (χ0) is 11.0. The lowest BCUT2D eigenvalue weighted by Crippen LogP contribution is -2.48. The Balaban J connectivity index is 0.00000108. The molecule has 2 aliphatic rings. The molecule has 17 heavy (non-hydrogen) atoms. The van der Waals surface area contributed by atoms with Gasteiger partial charge < -0.3 is 10.1 Å². The van der Waals surface area contributed by atoms with Crippen LogP contribution >= 0.6 is 12.4 Å². The fourth-order valence-electron chi connectivity index (χ4n) is 3.40. The van der Waals surface area contributed by atoms with Gasteiger partial charge in [0.05, 0.1) is 0 Å². The molecule has 2 atom stereocenters. The monoisotopic (exact) mass is 253 g/mol. The maximum atomic E-state index is 6.28. The molecule has 1 aliphatic carbocycles. The standard InChI is InChI=1S/C14H19NO.ClH/c1-15-10-14-9-5-4-7-12(14)11-6-2-3-8-13(11)16-14;/h2-3,6,8,12,15H,4-5,7,9-10H2,1H3;1H/t12-,14+;/m0./s1. The maximum Gasteiger partial charge on any atom is 0.128 e. The molecule has 1 heterocycles. The Bertz CT molecular complexity index is 392. The number of ether oxygens (including phenoxy) is 1. The van der Waals surface area contributed by atoms with Gasteiger partial charge in [0.2, 0.25) is 0 Å². The van der Waals surface area contributed by atoms with Crippen molar-refractivity contribution < 1.29 is 4.74 Å². The molecule has 0 saturated heterocycles. The predicted molar refractivity (Wildman–Crippen MR) is 72.2 cm³/mol. The van der Waals surface area contributed by atoms with Gasteiger partial charge in [0.1, 0.15) is 11.4 Å². The lowest BCUT2D eigenvalue weighted by Gasteiger charge is -2.38. The molecule has 0 bridgehead atoms. The Hall–Kier alpha value is -0.730. The summed E-state index contributed by atoms with van der Waals surface area (Å²) in [6, 6.07) is 8.56. The van der Waals surface area contributed by atoms with Crippen LogP contribution in [0.3, 0.4) is 0 Å². The van der Waals surface area contributed by atoms with Gasteiger partial charge in [0, 0.05) is 18.0 Å². The van der Waals surface area contributed by atoms with Crippen molar-refractivity contribution in [3.8, 4) is 5.75 Å². The van der Waals surface area contributed by atoms with Gasteiger partial charge in [-0.2, -0.15) is 0 Å². The third-order valence-electron chi connectivity index (χ3n) is 4.06. The van der Waals surface area contributed by atoms with E-state index in [2.05, 4.69) is 29.6 Å². The van der Waals surface area contributed by atoms with Gasteiger partial charge in [-0.15, -0.1) is 12.4 Å². The van der Waals surface area contributed by atoms with Gasteiger partial charge in [-0.3, -0.25) is 0 Å². The molecule has 0 spiro atoms. The maximum absolute atomic E-state index is 6.28. The van der Waals surface area contributed by atoms with Crippen LogP contribution < -0.4 is 10.1 Å². The highest BCUT2D eigenvalue weighted by Crippen LogP contribution is 2.51. The number of halogens is 1. The van der Waals surface area contributed by atoms with Crippen LogP contribution in [0.15, 0.2) is 24.3 Å². The van der Waals surface area contributed by atoms with Crippen LogP contribution in [0.2, 0.25) is 0 Å². The number of fused-ring (bicyclic) bond motifs is 3. The van der Waals surface area contributed by atoms with E-state index in [9.17, 15) is 0 Å². The minimum atomic E-state index is 0. The highest BCUT2D eigenvalue weighted by atomic mass is 35.5. The first kappa shape index (κ1) is 12.7. The van der Waals surface area contributed by atoms with E-state index in [1.807, 2.05) is 7.05 Å². The van der Waals surface area contributed by atoms with Crippen molar-refractivity contribution in [3.05, 3.63) is 29.8 Å². The van der Waals surface area contributed by atoms with Crippen molar-refractivity contribution in [2.45, 2.75) is 37.2 Å². The number of likely N-dealkylation sites (N-methyl/N-ethyl adjacent to an activating group) is 1. The molecular formula is C14H20ClNO. The summed E-state index contributed by atoms with van der Waals surface area (Å²) in [7, 11) is 2.02. The van der Waals surface area contributed by atoms with Crippen LogP contribution in [0.4, 0.5) is 0 Å². The van der Waals surface area contributed by atoms with E-state index >= 15 is 0 Å². The van der Waals surface area contributed by atoms with E-state index in [0.29, 0.717) is 5.92 Å². The van der Waals surface area contributed by atoms with Gasteiger partial charge in [0.25, 0.3) is 0 Å². The number of benzene rings is 1. The number of para-hydroxylation sites is 1. The summed E-state index contributed by atoms with van der Waals surface area (Å²) in [4.78, 5) is 0. The predicted octanol–water partition coefficient (Wildman–Crippen LogP) is 3.12. The van der Waals surface area contributed by atoms with Gasteiger partial charge in [0.15, 0.2) is 0 Å². The van der Waals surface area contributed by atoms with Crippen molar-refractivity contribution in [1.29, 1.82) is 0 Å². The molecular weight excluding hydrogens is 234 g/mol. The molecule has 3 heteroatoms. The van der Waals surface area contributed by atoms with Crippen molar-refractivity contribution in [3.63, 3.8) is 0 Å². The van der Waals surface area contributed by atoms with Crippen molar-refractivity contribution in [2.75, 3.05) is 13.6 Å². The van der Waals surface area contributed by atoms with Crippen LogP contribution in [0.1, 0.15) is 37.2 Å². The van der Waals surface area contributed by atoms with Crippen LogP contribution in [0, 0.1) is 0 Å². The average molecular weight is 254 g/mol. The smallest absolute Gasteiger partial charge is 0.128 e. The molecule has 1 fully saturated rings. The second kappa shape index (κ2) is 4.87. The van der Waals surface area contributed by atoms with E-state index in [-0.39, 0.29) is 18.0 Å². The molecule has 0 amide bonds.